The third-order valence-electron chi connectivity index (χ3n) is 10.6. The zero-order chi connectivity index (χ0) is 36.6. The van der Waals surface area contributed by atoms with Crippen molar-refractivity contribution >= 4 is 34.3 Å². The number of carbonyl (C=O) groups is 1. The molecule has 0 bridgehead atoms. The highest BCUT2D eigenvalue weighted by Crippen LogP contribution is 2.46. The van der Waals surface area contributed by atoms with E-state index in [1.54, 1.807) is 21.3 Å². The zero-order valence-electron chi connectivity index (χ0n) is 31.3. The van der Waals surface area contributed by atoms with Crippen LogP contribution in [-0.2, 0) is 13.0 Å². The van der Waals surface area contributed by atoms with Crippen molar-refractivity contribution < 1.29 is 19.0 Å². The molecule has 1 saturated heterocycles. The number of rotatable bonds is 9. The van der Waals surface area contributed by atoms with Gasteiger partial charge in [-0.15, -0.1) is 0 Å². The summed E-state index contributed by atoms with van der Waals surface area (Å²) in [6, 6.07) is 24.6. The molecule has 0 radical (unpaired) electrons. The number of amides is 1. The second kappa shape index (κ2) is 14.5. The van der Waals surface area contributed by atoms with Crippen molar-refractivity contribution in [3.05, 3.63) is 106 Å². The lowest BCUT2D eigenvalue weighted by molar-refractivity contribution is 0.102. The van der Waals surface area contributed by atoms with E-state index in [1.165, 1.54) is 5.56 Å². The highest BCUT2D eigenvalue weighted by Gasteiger charge is 2.36. The topological polar surface area (TPSA) is 90.7 Å². The van der Waals surface area contributed by atoms with Gasteiger partial charge in [0, 0.05) is 31.1 Å². The first kappa shape index (κ1) is 35.3. The van der Waals surface area contributed by atoms with E-state index in [-0.39, 0.29) is 23.3 Å². The van der Waals surface area contributed by atoms with Gasteiger partial charge in [0.25, 0.3) is 5.91 Å². The Kier molecular flexibility index (Phi) is 9.81. The van der Waals surface area contributed by atoms with Crippen molar-refractivity contribution in [2.45, 2.75) is 59.5 Å². The molecule has 0 saturated carbocycles. The fourth-order valence-electron chi connectivity index (χ4n) is 7.85. The van der Waals surface area contributed by atoms with Crippen LogP contribution in [0.4, 0.5) is 5.82 Å². The maximum Gasteiger partial charge on any atom is 0.257 e. The van der Waals surface area contributed by atoms with E-state index in [0.717, 1.165) is 83.7 Å². The van der Waals surface area contributed by atoms with E-state index in [4.69, 9.17) is 24.3 Å². The van der Waals surface area contributed by atoms with Gasteiger partial charge < -0.3 is 19.5 Å². The van der Waals surface area contributed by atoms with Crippen molar-refractivity contribution in [3.63, 3.8) is 0 Å². The van der Waals surface area contributed by atoms with Crippen LogP contribution in [0.1, 0.15) is 78.1 Å². The van der Waals surface area contributed by atoms with Gasteiger partial charge in [0.1, 0.15) is 5.82 Å². The Bertz CT molecular complexity index is 2110. The standard InChI is InChI=1S/C43H49N5O4/c1-27-19-38(48(46-27)32-17-18-47(26-32)25-28-13-9-8-10-14-28)45-42(49)39-33-15-11-12-16-35(33)44-40-30(23-31(24-34(39)40)43(2,3)4)20-29-21-36(50-5)41(52-7)37(22-29)51-6/h8-16,19-22,31-32H,17-18,23-26H2,1-7H3,(H,45,49)/b30-20-. The van der Waals surface area contributed by atoms with E-state index in [2.05, 4.69) is 67.4 Å². The number of methoxy groups -OCH3 is 3. The summed E-state index contributed by atoms with van der Waals surface area (Å²) in [6.45, 7) is 11.6. The molecule has 5 aromatic rings. The molecule has 2 atom stereocenters. The van der Waals surface area contributed by atoms with Gasteiger partial charge in [-0.1, -0.05) is 69.3 Å². The molecule has 2 unspecified atom stereocenters. The summed E-state index contributed by atoms with van der Waals surface area (Å²) < 4.78 is 19.0. The number of aromatic nitrogens is 3. The van der Waals surface area contributed by atoms with Gasteiger partial charge >= 0.3 is 0 Å². The molecule has 52 heavy (non-hydrogen) atoms. The molecule has 1 amide bonds. The Balaban J connectivity index is 1.29. The number of para-hydroxylation sites is 1. The molecule has 9 heteroatoms. The number of pyridine rings is 1. The summed E-state index contributed by atoms with van der Waals surface area (Å²) in [4.78, 5) is 22.5. The third kappa shape index (κ3) is 7.02. The van der Waals surface area contributed by atoms with Gasteiger partial charge in [-0.25, -0.2) is 9.67 Å². The molecule has 2 aliphatic rings. The number of hydrogen-bond acceptors (Lipinski definition) is 7. The van der Waals surface area contributed by atoms with Crippen molar-refractivity contribution in [3.8, 4) is 17.2 Å². The van der Waals surface area contributed by atoms with E-state index in [1.807, 2.05) is 54.1 Å². The first-order valence-corrected chi connectivity index (χ1v) is 18.1. The van der Waals surface area contributed by atoms with Crippen LogP contribution in [0.3, 0.4) is 0 Å². The maximum absolute atomic E-state index is 14.8. The smallest absolute Gasteiger partial charge is 0.257 e. The molecule has 2 aromatic heterocycles. The Hall–Kier alpha value is -5.15. The monoisotopic (exact) mass is 699 g/mol. The molecule has 0 spiro atoms. The van der Waals surface area contributed by atoms with Crippen LogP contribution in [-0.4, -0.2) is 60.0 Å². The lowest BCUT2D eigenvalue weighted by Crippen LogP contribution is -2.29. The number of hydrogen-bond donors (Lipinski definition) is 1. The summed E-state index contributed by atoms with van der Waals surface area (Å²) >= 11 is 0. The lowest BCUT2D eigenvalue weighted by Gasteiger charge is -2.37. The maximum atomic E-state index is 14.8. The SMILES string of the molecule is COc1cc(/C=C2/CC(C(C)(C)C)Cc3c2nc2ccccc2c3C(=O)Nc2cc(C)nn2C2CCN(Cc3ccccc3)C2)cc(OC)c1OC. The molecule has 1 aliphatic heterocycles. The van der Waals surface area contributed by atoms with E-state index in [9.17, 15) is 4.79 Å². The number of anilines is 1. The summed E-state index contributed by atoms with van der Waals surface area (Å²) in [5.41, 5.74) is 7.42. The number of fused-ring (bicyclic) bond motifs is 2. The Labute approximate surface area is 306 Å². The van der Waals surface area contributed by atoms with Crippen molar-refractivity contribution in [1.29, 1.82) is 0 Å². The van der Waals surface area contributed by atoms with Gasteiger partial charge in [0.15, 0.2) is 11.5 Å². The van der Waals surface area contributed by atoms with Crippen LogP contribution < -0.4 is 19.5 Å². The fraction of sp³-hybridized carbons (Fsp3) is 0.372. The third-order valence-corrected chi connectivity index (χ3v) is 10.6. The summed E-state index contributed by atoms with van der Waals surface area (Å²) in [7, 11) is 4.85. The highest BCUT2D eigenvalue weighted by atomic mass is 16.5. The second-order valence-corrected chi connectivity index (χ2v) is 15.2. The van der Waals surface area contributed by atoms with Crippen LogP contribution in [0.15, 0.2) is 72.8 Å². The molecule has 1 aliphatic carbocycles. The molecule has 9 nitrogen and oxygen atoms in total. The minimum absolute atomic E-state index is 0.0186. The molecular formula is C43H49N5O4. The number of nitrogens with one attached hydrogen (secondary N) is 1. The summed E-state index contributed by atoms with van der Waals surface area (Å²) in [6.07, 6.45) is 4.67. The number of nitrogens with zero attached hydrogens (tertiary/aromatic N) is 4. The van der Waals surface area contributed by atoms with Gasteiger partial charge in [-0.2, -0.15) is 5.10 Å². The molecule has 7 rings (SSSR count). The zero-order valence-corrected chi connectivity index (χ0v) is 31.3. The molecular weight excluding hydrogens is 651 g/mol. The largest absolute Gasteiger partial charge is 0.493 e. The van der Waals surface area contributed by atoms with Crippen LogP contribution in [0.5, 0.6) is 17.2 Å². The number of aryl methyl sites for hydroxylation is 1. The summed E-state index contributed by atoms with van der Waals surface area (Å²) in [5, 5.41) is 9.09. The van der Waals surface area contributed by atoms with E-state index < -0.39 is 0 Å². The van der Waals surface area contributed by atoms with Crippen LogP contribution in [0.25, 0.3) is 22.6 Å². The first-order chi connectivity index (χ1) is 25.1. The Morgan fingerprint density at radius 1 is 0.942 bits per heavy atom. The van der Waals surface area contributed by atoms with E-state index in [0.29, 0.717) is 22.8 Å². The minimum Gasteiger partial charge on any atom is -0.493 e. The van der Waals surface area contributed by atoms with Gasteiger partial charge in [-0.3, -0.25) is 9.69 Å². The van der Waals surface area contributed by atoms with Gasteiger partial charge in [-0.05, 0) is 84.1 Å². The predicted molar refractivity (Wildman–Crippen MR) is 207 cm³/mol. The fourth-order valence-corrected chi connectivity index (χ4v) is 7.85. The number of benzene rings is 3. The number of carbonyl (C=O) groups excluding carboxylic acids is 1. The predicted octanol–water partition coefficient (Wildman–Crippen LogP) is 8.61. The average Bonchev–Trinajstić information content (AvgIpc) is 3.75. The van der Waals surface area contributed by atoms with Crippen molar-refractivity contribution in [1.82, 2.24) is 19.7 Å². The molecule has 270 valence electrons. The quantitative estimate of drug-likeness (QED) is 0.165. The Morgan fingerprint density at radius 2 is 1.65 bits per heavy atom. The lowest BCUT2D eigenvalue weighted by atomic mass is 9.69. The van der Waals surface area contributed by atoms with Crippen molar-refractivity contribution in [2.75, 3.05) is 39.7 Å². The number of likely N-dealkylation sites (tertiary alicyclic amines) is 1. The van der Waals surface area contributed by atoms with Crippen LogP contribution in [0.2, 0.25) is 0 Å². The highest BCUT2D eigenvalue weighted by molar-refractivity contribution is 6.14. The average molecular weight is 700 g/mol. The minimum atomic E-state index is -0.142. The normalized spacial score (nSPS) is 18.4. The van der Waals surface area contributed by atoms with E-state index >= 15 is 0 Å². The van der Waals surface area contributed by atoms with Gasteiger partial charge in [0.05, 0.1) is 49.8 Å². The number of ether oxygens (including phenoxy) is 3. The van der Waals surface area contributed by atoms with Crippen LogP contribution >= 0.6 is 0 Å². The number of allylic oxidation sites excluding steroid dienone is 1. The first-order valence-electron chi connectivity index (χ1n) is 18.1. The van der Waals surface area contributed by atoms with Crippen LogP contribution in [0, 0.1) is 18.3 Å². The Morgan fingerprint density at radius 3 is 2.35 bits per heavy atom. The van der Waals surface area contributed by atoms with Gasteiger partial charge in [0.2, 0.25) is 5.75 Å². The molecule has 3 heterocycles. The molecule has 1 fully saturated rings. The summed E-state index contributed by atoms with van der Waals surface area (Å²) in [5.74, 6) is 2.56. The molecule has 1 N–H and O–H groups in total. The molecule has 3 aromatic carbocycles. The van der Waals surface area contributed by atoms with Crippen molar-refractivity contribution in [2.24, 2.45) is 11.3 Å². The second-order valence-electron chi connectivity index (χ2n) is 15.2.